The van der Waals surface area contributed by atoms with Gasteiger partial charge in [0.25, 0.3) is 0 Å². The molecule has 0 saturated carbocycles. The van der Waals surface area contributed by atoms with Crippen LogP contribution in [0.25, 0.3) is 0 Å². The van der Waals surface area contributed by atoms with Gasteiger partial charge in [-0.15, -0.1) is 0 Å². The van der Waals surface area contributed by atoms with E-state index in [4.69, 9.17) is 4.74 Å². The average Bonchev–Trinajstić information content (AvgIpc) is 2.45. The Balaban J connectivity index is 2.22. The fourth-order valence-electron chi connectivity index (χ4n) is 2.01. The van der Waals surface area contributed by atoms with E-state index in [1.165, 1.54) is 0 Å². The molecule has 5 heteroatoms. The van der Waals surface area contributed by atoms with Crippen LogP contribution in [0.15, 0.2) is 6.07 Å². The summed E-state index contributed by atoms with van der Waals surface area (Å²) in [6.45, 7) is 10.7. The quantitative estimate of drug-likeness (QED) is 0.884. The molecule has 0 radical (unpaired) electrons. The maximum Gasteiger partial charge on any atom is 0.135 e. The first-order valence-electron chi connectivity index (χ1n) is 7.16. The molecule has 0 atom stereocenters. The summed E-state index contributed by atoms with van der Waals surface area (Å²) in [5, 5.41) is 3.36. The van der Waals surface area contributed by atoms with Crippen molar-refractivity contribution in [3.05, 3.63) is 11.9 Å². The Labute approximate surface area is 115 Å². The fourth-order valence-corrected chi connectivity index (χ4v) is 2.01. The van der Waals surface area contributed by atoms with Crippen molar-refractivity contribution in [2.75, 3.05) is 43.1 Å². The zero-order chi connectivity index (χ0) is 13.7. The molecule has 2 rings (SSSR count). The third-order valence-corrected chi connectivity index (χ3v) is 3.14. The lowest BCUT2D eigenvalue weighted by Crippen LogP contribution is -2.37. The molecule has 1 saturated heterocycles. The third-order valence-electron chi connectivity index (χ3n) is 3.14. The summed E-state index contributed by atoms with van der Waals surface area (Å²) < 4.78 is 5.39. The molecule has 1 aromatic rings. The Bertz CT molecular complexity index is 402. The summed E-state index contributed by atoms with van der Waals surface area (Å²) in [6.07, 6.45) is 1.09. The van der Waals surface area contributed by atoms with Crippen molar-refractivity contribution in [1.82, 2.24) is 9.97 Å². The van der Waals surface area contributed by atoms with E-state index >= 15 is 0 Å². The van der Waals surface area contributed by atoms with Crippen molar-refractivity contribution in [3.8, 4) is 0 Å². The summed E-state index contributed by atoms with van der Waals surface area (Å²) >= 11 is 0. The minimum Gasteiger partial charge on any atom is -0.378 e. The lowest BCUT2D eigenvalue weighted by atomic mass is 10.2. The van der Waals surface area contributed by atoms with Crippen LogP contribution in [0.2, 0.25) is 0 Å². The van der Waals surface area contributed by atoms with Crippen LogP contribution >= 0.6 is 0 Å². The largest absolute Gasteiger partial charge is 0.378 e. The lowest BCUT2D eigenvalue weighted by molar-refractivity contribution is 0.122. The average molecular weight is 264 g/mol. The van der Waals surface area contributed by atoms with Crippen molar-refractivity contribution < 1.29 is 4.74 Å². The first-order chi connectivity index (χ1) is 9.20. The number of anilines is 2. The van der Waals surface area contributed by atoms with Crippen molar-refractivity contribution in [1.29, 1.82) is 0 Å². The predicted molar refractivity (Wildman–Crippen MR) is 77.9 cm³/mol. The predicted octanol–water partition coefficient (Wildman–Crippen LogP) is 2.26. The molecule has 106 valence electrons. The minimum atomic E-state index is 0.336. The second kappa shape index (κ2) is 6.70. The number of morpholine rings is 1. The van der Waals surface area contributed by atoms with E-state index in [0.29, 0.717) is 5.92 Å². The molecular formula is C14H24N4O. The molecule has 0 bridgehead atoms. The number of ether oxygens (including phenoxy) is 1. The summed E-state index contributed by atoms with van der Waals surface area (Å²) in [4.78, 5) is 11.5. The highest BCUT2D eigenvalue weighted by Crippen LogP contribution is 2.20. The van der Waals surface area contributed by atoms with Gasteiger partial charge in [-0.1, -0.05) is 20.8 Å². The molecule has 19 heavy (non-hydrogen) atoms. The summed E-state index contributed by atoms with van der Waals surface area (Å²) in [5.41, 5.74) is 0. The molecule has 2 heterocycles. The maximum atomic E-state index is 5.39. The maximum absolute atomic E-state index is 5.39. The van der Waals surface area contributed by atoms with E-state index in [1.807, 2.05) is 6.07 Å². The van der Waals surface area contributed by atoms with E-state index in [-0.39, 0.29) is 0 Å². The zero-order valence-corrected chi connectivity index (χ0v) is 12.1. The van der Waals surface area contributed by atoms with Crippen LogP contribution in [-0.4, -0.2) is 42.8 Å². The van der Waals surface area contributed by atoms with E-state index < -0.39 is 0 Å². The Morgan fingerprint density at radius 3 is 2.68 bits per heavy atom. The van der Waals surface area contributed by atoms with E-state index in [9.17, 15) is 0 Å². The Kier molecular flexibility index (Phi) is 4.96. The molecule has 5 nitrogen and oxygen atoms in total. The standard InChI is InChI=1S/C14H24N4O/c1-4-5-15-12-10-13(17-14(16-12)11(2)3)18-6-8-19-9-7-18/h10-11H,4-9H2,1-3H3,(H,15,16,17). The van der Waals surface area contributed by atoms with Gasteiger partial charge >= 0.3 is 0 Å². The van der Waals surface area contributed by atoms with Crippen LogP contribution in [0.3, 0.4) is 0 Å². The van der Waals surface area contributed by atoms with Crippen molar-refractivity contribution in [2.45, 2.75) is 33.1 Å². The molecule has 1 aliphatic rings. The number of rotatable bonds is 5. The van der Waals surface area contributed by atoms with Crippen LogP contribution in [-0.2, 0) is 4.74 Å². The number of hydrogen-bond acceptors (Lipinski definition) is 5. The van der Waals surface area contributed by atoms with Crippen molar-refractivity contribution >= 4 is 11.6 Å². The number of nitrogens with one attached hydrogen (secondary N) is 1. The van der Waals surface area contributed by atoms with E-state index in [0.717, 1.165) is 56.7 Å². The summed E-state index contributed by atoms with van der Waals surface area (Å²) in [5.74, 6) is 3.19. The number of hydrogen-bond donors (Lipinski definition) is 1. The van der Waals surface area contributed by atoms with Gasteiger partial charge in [-0.05, 0) is 6.42 Å². The fraction of sp³-hybridized carbons (Fsp3) is 0.714. The third kappa shape index (κ3) is 3.80. The van der Waals surface area contributed by atoms with E-state index in [1.54, 1.807) is 0 Å². The molecule has 0 aliphatic carbocycles. The van der Waals surface area contributed by atoms with Gasteiger partial charge in [-0.3, -0.25) is 0 Å². The minimum absolute atomic E-state index is 0.336. The molecule has 0 unspecified atom stereocenters. The first kappa shape index (κ1) is 14.1. The second-order valence-electron chi connectivity index (χ2n) is 5.15. The Morgan fingerprint density at radius 1 is 1.32 bits per heavy atom. The van der Waals surface area contributed by atoms with Crippen molar-refractivity contribution in [2.24, 2.45) is 0 Å². The second-order valence-corrected chi connectivity index (χ2v) is 5.15. The van der Waals surface area contributed by atoms with Gasteiger partial charge in [0.05, 0.1) is 13.2 Å². The van der Waals surface area contributed by atoms with Gasteiger partial charge in [-0.25, -0.2) is 9.97 Å². The van der Waals surface area contributed by atoms with Gasteiger partial charge < -0.3 is 15.0 Å². The topological polar surface area (TPSA) is 50.3 Å². The van der Waals surface area contributed by atoms with Crippen LogP contribution in [0, 0.1) is 0 Å². The molecule has 0 spiro atoms. The molecule has 1 aromatic heterocycles. The Morgan fingerprint density at radius 2 is 2.05 bits per heavy atom. The van der Waals surface area contributed by atoms with Gasteiger partial charge in [0.1, 0.15) is 17.5 Å². The monoisotopic (exact) mass is 264 g/mol. The van der Waals surface area contributed by atoms with Gasteiger partial charge in [-0.2, -0.15) is 0 Å². The van der Waals surface area contributed by atoms with E-state index in [2.05, 4.69) is 41.0 Å². The Hall–Kier alpha value is -1.36. The molecule has 0 amide bonds. The summed E-state index contributed by atoms with van der Waals surface area (Å²) in [7, 11) is 0. The molecule has 1 N–H and O–H groups in total. The lowest BCUT2D eigenvalue weighted by Gasteiger charge is -2.28. The van der Waals surface area contributed by atoms with Gasteiger partial charge in [0.15, 0.2) is 0 Å². The number of aromatic nitrogens is 2. The van der Waals surface area contributed by atoms with Crippen LogP contribution in [0.5, 0.6) is 0 Å². The molecule has 0 aromatic carbocycles. The van der Waals surface area contributed by atoms with Crippen LogP contribution in [0.4, 0.5) is 11.6 Å². The zero-order valence-electron chi connectivity index (χ0n) is 12.1. The van der Waals surface area contributed by atoms with Crippen molar-refractivity contribution in [3.63, 3.8) is 0 Å². The van der Waals surface area contributed by atoms with Gasteiger partial charge in [0, 0.05) is 31.6 Å². The molecular weight excluding hydrogens is 240 g/mol. The highest BCUT2D eigenvalue weighted by molar-refractivity contribution is 5.50. The molecule has 1 aliphatic heterocycles. The van der Waals surface area contributed by atoms with Gasteiger partial charge in [0.2, 0.25) is 0 Å². The molecule has 1 fully saturated rings. The SMILES string of the molecule is CCCNc1cc(N2CCOCC2)nc(C(C)C)n1. The first-order valence-corrected chi connectivity index (χ1v) is 7.16. The van der Waals surface area contributed by atoms with Crippen LogP contribution < -0.4 is 10.2 Å². The number of nitrogens with zero attached hydrogens (tertiary/aromatic N) is 3. The highest BCUT2D eigenvalue weighted by atomic mass is 16.5. The van der Waals surface area contributed by atoms with Crippen LogP contribution in [0.1, 0.15) is 38.9 Å². The smallest absolute Gasteiger partial charge is 0.135 e. The highest BCUT2D eigenvalue weighted by Gasteiger charge is 2.15. The normalized spacial score (nSPS) is 15.9. The summed E-state index contributed by atoms with van der Waals surface area (Å²) in [6, 6.07) is 2.05.